The van der Waals surface area contributed by atoms with Crippen molar-refractivity contribution in [3.05, 3.63) is 29.8 Å². The normalized spacial score (nSPS) is 12.0. The predicted molar refractivity (Wildman–Crippen MR) is 78.1 cm³/mol. The van der Waals surface area contributed by atoms with Gasteiger partial charge in [-0.05, 0) is 29.9 Å². The van der Waals surface area contributed by atoms with Crippen LogP contribution in [-0.4, -0.2) is 20.4 Å². The fourth-order valence-corrected chi connectivity index (χ4v) is 4.84. The van der Waals surface area contributed by atoms with Gasteiger partial charge in [0.25, 0.3) is 0 Å². The second-order valence-electron chi connectivity index (χ2n) is 4.35. The molecule has 0 heterocycles. The lowest BCUT2D eigenvalue weighted by Gasteiger charge is -2.08. The first-order valence-electron chi connectivity index (χ1n) is 5.43. The van der Waals surface area contributed by atoms with E-state index in [4.69, 9.17) is 0 Å². The number of hydrogen-bond acceptors (Lipinski definition) is 4. The first kappa shape index (κ1) is 14.9. The number of sulfone groups is 1. The summed E-state index contributed by atoms with van der Waals surface area (Å²) in [6.45, 7) is 3.86. The van der Waals surface area contributed by atoms with Crippen molar-refractivity contribution < 1.29 is 8.42 Å². The third-order valence-corrected chi connectivity index (χ3v) is 5.69. The van der Waals surface area contributed by atoms with Gasteiger partial charge in [-0.15, -0.1) is 0 Å². The summed E-state index contributed by atoms with van der Waals surface area (Å²) in [7, 11) is 0.329. The molecule has 2 nitrogen and oxygen atoms in total. The third kappa shape index (κ3) is 5.84. The van der Waals surface area contributed by atoms with Gasteiger partial charge in [-0.2, -0.15) is 0 Å². The molecule has 0 fully saturated rings. The summed E-state index contributed by atoms with van der Waals surface area (Å²) in [4.78, 5) is 1.11. The molecule has 0 radical (unpaired) electrons. The average Bonchev–Trinajstić information content (AvgIpc) is 2.15. The van der Waals surface area contributed by atoms with Gasteiger partial charge in [-0.25, -0.2) is 8.42 Å². The van der Waals surface area contributed by atoms with Crippen LogP contribution in [0.5, 0.6) is 0 Å². The van der Waals surface area contributed by atoms with E-state index in [2.05, 4.69) is 0 Å². The molecule has 0 bridgehead atoms. The highest BCUT2D eigenvalue weighted by atomic mass is 33.1. The molecule has 0 amide bonds. The summed E-state index contributed by atoms with van der Waals surface area (Å²) in [6, 6.07) is 7.75. The molecule has 96 valence electrons. The van der Waals surface area contributed by atoms with Gasteiger partial charge < -0.3 is 0 Å². The molecule has 0 atom stereocenters. The van der Waals surface area contributed by atoms with E-state index in [1.165, 1.54) is 0 Å². The molecule has 0 aliphatic heterocycles. The molecule has 0 aromatic heterocycles. The van der Waals surface area contributed by atoms with Crippen LogP contribution in [0.1, 0.15) is 19.4 Å². The minimum absolute atomic E-state index is 0.147. The Hall–Kier alpha value is -0.130. The second-order valence-corrected chi connectivity index (χ2v) is 8.93. The van der Waals surface area contributed by atoms with E-state index in [0.717, 1.165) is 10.5 Å². The van der Waals surface area contributed by atoms with Gasteiger partial charge in [0.2, 0.25) is 0 Å². The zero-order chi connectivity index (χ0) is 12.9. The monoisotopic (exact) mass is 290 g/mol. The molecule has 1 aromatic carbocycles. The van der Waals surface area contributed by atoms with Crippen LogP contribution < -0.4 is 0 Å². The summed E-state index contributed by atoms with van der Waals surface area (Å²) in [5.74, 6) is 0.588. The molecule has 0 spiro atoms. The van der Waals surface area contributed by atoms with Crippen LogP contribution in [0.3, 0.4) is 0 Å². The Bertz CT molecular complexity index is 453. The Morgan fingerprint density at radius 2 is 2.00 bits per heavy atom. The van der Waals surface area contributed by atoms with Crippen LogP contribution in [-0.2, 0) is 15.6 Å². The van der Waals surface area contributed by atoms with Crippen LogP contribution in [0.4, 0.5) is 0 Å². The zero-order valence-electron chi connectivity index (χ0n) is 10.3. The molecule has 17 heavy (non-hydrogen) atoms. The first-order chi connectivity index (χ1) is 7.93. The van der Waals surface area contributed by atoms with Crippen LogP contribution >= 0.6 is 21.6 Å². The fourth-order valence-electron chi connectivity index (χ4n) is 1.60. The molecule has 0 unspecified atom stereocenters. The number of rotatable bonds is 6. The highest BCUT2D eigenvalue weighted by molar-refractivity contribution is 8.76. The van der Waals surface area contributed by atoms with Crippen molar-refractivity contribution in [2.24, 2.45) is 5.92 Å². The number of benzene rings is 1. The molecule has 0 aliphatic carbocycles. The van der Waals surface area contributed by atoms with Crippen molar-refractivity contribution >= 4 is 31.4 Å². The van der Waals surface area contributed by atoms with Crippen molar-refractivity contribution in [3.63, 3.8) is 0 Å². The maximum atomic E-state index is 11.9. The Labute approximate surface area is 112 Å². The zero-order valence-corrected chi connectivity index (χ0v) is 12.8. The van der Waals surface area contributed by atoms with Gasteiger partial charge in [0.15, 0.2) is 9.84 Å². The molecule has 0 N–H and O–H groups in total. The van der Waals surface area contributed by atoms with E-state index >= 15 is 0 Å². The van der Waals surface area contributed by atoms with E-state index in [1.807, 2.05) is 44.4 Å². The molecular weight excluding hydrogens is 272 g/mol. The van der Waals surface area contributed by atoms with Crippen molar-refractivity contribution in [3.8, 4) is 0 Å². The van der Waals surface area contributed by atoms with E-state index in [0.29, 0.717) is 0 Å². The van der Waals surface area contributed by atoms with Crippen LogP contribution in [0.15, 0.2) is 29.2 Å². The molecule has 1 aromatic rings. The molecule has 0 saturated carbocycles. The molecule has 1 rings (SSSR count). The van der Waals surface area contributed by atoms with Gasteiger partial charge in [-0.1, -0.05) is 47.6 Å². The topological polar surface area (TPSA) is 34.1 Å². The third-order valence-electron chi connectivity index (χ3n) is 2.05. The minimum atomic E-state index is -2.98. The summed E-state index contributed by atoms with van der Waals surface area (Å²) in [6.07, 6.45) is 2.01. The predicted octanol–water partition coefficient (Wildman–Crippen LogP) is 3.63. The maximum absolute atomic E-state index is 11.9. The second kappa shape index (κ2) is 6.71. The Balaban J connectivity index is 2.77. The minimum Gasteiger partial charge on any atom is -0.228 e. The lowest BCUT2D eigenvalue weighted by atomic mass is 10.2. The molecule has 0 saturated heterocycles. The van der Waals surface area contributed by atoms with Crippen LogP contribution in [0.25, 0.3) is 0 Å². The van der Waals surface area contributed by atoms with Crippen molar-refractivity contribution in [1.29, 1.82) is 0 Å². The highest BCUT2D eigenvalue weighted by Gasteiger charge is 2.14. The Morgan fingerprint density at radius 1 is 1.29 bits per heavy atom. The summed E-state index contributed by atoms with van der Waals surface area (Å²) in [5.41, 5.74) is 0.879. The SMILES string of the molecule is CSSc1cccc(CS(=O)(=O)CC(C)C)c1. The smallest absolute Gasteiger partial charge is 0.154 e. The fraction of sp³-hybridized carbons (Fsp3) is 0.500. The average molecular weight is 290 g/mol. The Kier molecular flexibility index (Phi) is 5.89. The first-order valence-corrected chi connectivity index (χ1v) is 9.81. The van der Waals surface area contributed by atoms with Gasteiger partial charge in [0.05, 0.1) is 11.5 Å². The van der Waals surface area contributed by atoms with Crippen LogP contribution in [0.2, 0.25) is 0 Å². The summed E-state index contributed by atoms with van der Waals surface area (Å²) >= 11 is 0. The number of hydrogen-bond donors (Lipinski definition) is 0. The van der Waals surface area contributed by atoms with Gasteiger partial charge in [0, 0.05) is 4.90 Å². The van der Waals surface area contributed by atoms with E-state index in [-0.39, 0.29) is 17.4 Å². The lowest BCUT2D eigenvalue weighted by Crippen LogP contribution is -2.13. The Morgan fingerprint density at radius 3 is 2.59 bits per heavy atom. The van der Waals surface area contributed by atoms with E-state index in [9.17, 15) is 8.42 Å². The van der Waals surface area contributed by atoms with Gasteiger partial charge >= 0.3 is 0 Å². The van der Waals surface area contributed by atoms with Crippen LogP contribution in [0, 0.1) is 5.92 Å². The summed E-state index contributed by atoms with van der Waals surface area (Å²) in [5, 5.41) is 0. The van der Waals surface area contributed by atoms with Gasteiger partial charge in [-0.3, -0.25) is 0 Å². The van der Waals surface area contributed by atoms with E-state index < -0.39 is 9.84 Å². The highest BCUT2D eigenvalue weighted by Crippen LogP contribution is 2.29. The summed E-state index contributed by atoms with van der Waals surface area (Å²) < 4.78 is 23.7. The van der Waals surface area contributed by atoms with Crippen molar-refractivity contribution in [2.75, 3.05) is 12.0 Å². The van der Waals surface area contributed by atoms with Crippen molar-refractivity contribution in [1.82, 2.24) is 0 Å². The quantitative estimate of drug-likeness (QED) is 0.749. The molecule has 5 heteroatoms. The van der Waals surface area contributed by atoms with Crippen molar-refractivity contribution in [2.45, 2.75) is 24.5 Å². The maximum Gasteiger partial charge on any atom is 0.154 e. The standard InChI is InChI=1S/C12H18O2S3/c1-10(2)8-17(13,14)9-11-5-4-6-12(7-11)16-15-3/h4-7,10H,8-9H2,1-3H3. The van der Waals surface area contributed by atoms with Gasteiger partial charge in [0.1, 0.15) is 0 Å². The largest absolute Gasteiger partial charge is 0.228 e. The lowest BCUT2D eigenvalue weighted by molar-refractivity contribution is 0.581. The van der Waals surface area contributed by atoms with E-state index in [1.54, 1.807) is 21.6 Å². The molecule has 0 aliphatic rings. The molecular formula is C12H18O2S3.